The predicted octanol–water partition coefficient (Wildman–Crippen LogP) is 3.71. The minimum Gasteiger partial charge on any atom is -0.338 e. The van der Waals surface area contributed by atoms with Crippen molar-refractivity contribution >= 4 is 21.8 Å². The van der Waals surface area contributed by atoms with Crippen molar-refractivity contribution in [2.75, 3.05) is 5.84 Å². The van der Waals surface area contributed by atoms with Gasteiger partial charge in [0.2, 0.25) is 0 Å². The van der Waals surface area contributed by atoms with E-state index in [9.17, 15) is 0 Å². The third-order valence-corrected chi connectivity index (χ3v) is 3.68. The first kappa shape index (κ1) is 11.9. The van der Waals surface area contributed by atoms with Crippen molar-refractivity contribution in [3.8, 4) is 0 Å². The number of nitrogens with zero attached hydrogens (tertiary/aromatic N) is 1. The van der Waals surface area contributed by atoms with E-state index in [-0.39, 0.29) is 5.41 Å². The Morgan fingerprint density at radius 2 is 1.84 bits per heavy atom. The summed E-state index contributed by atoms with van der Waals surface area (Å²) in [5.74, 6) is 6.20. The van der Waals surface area contributed by atoms with Crippen molar-refractivity contribution in [1.82, 2.24) is 4.68 Å². The minimum atomic E-state index is 0.0670. The van der Waals surface area contributed by atoms with Crippen LogP contribution in [0.15, 0.2) is 24.3 Å². The van der Waals surface area contributed by atoms with Crippen LogP contribution < -0.4 is 5.84 Å². The number of aromatic nitrogens is 1. The highest BCUT2D eigenvalue weighted by Gasteiger charge is 2.16. The maximum atomic E-state index is 6.20. The Balaban J connectivity index is 2.47. The molecule has 0 atom stereocenters. The van der Waals surface area contributed by atoms with Crippen molar-refractivity contribution in [2.45, 2.75) is 33.1 Å². The molecule has 0 aliphatic rings. The summed E-state index contributed by atoms with van der Waals surface area (Å²) in [4.78, 5) is 0. The van der Waals surface area contributed by atoms with Crippen LogP contribution in [0.3, 0.4) is 0 Å². The van der Waals surface area contributed by atoms with E-state index in [0.717, 1.165) is 22.0 Å². The normalized spacial score (nSPS) is 12.0. The first-order chi connectivity index (χ1) is 8.89. The van der Waals surface area contributed by atoms with Gasteiger partial charge in [0, 0.05) is 16.3 Å². The average molecular weight is 250 g/mol. The van der Waals surface area contributed by atoms with Crippen molar-refractivity contribution in [3.63, 3.8) is 0 Å². The van der Waals surface area contributed by atoms with E-state index in [1.807, 2.05) is 0 Å². The highest BCUT2D eigenvalue weighted by atomic mass is 15.3. The molecule has 0 spiro atoms. The van der Waals surface area contributed by atoms with E-state index >= 15 is 0 Å². The smallest absolute Gasteiger partial charge is 0.120 e. The van der Waals surface area contributed by atoms with Gasteiger partial charge in [0.25, 0.3) is 0 Å². The van der Waals surface area contributed by atoms with Gasteiger partial charge in [-0.2, -0.15) is 0 Å². The summed E-state index contributed by atoms with van der Waals surface area (Å²) in [7, 11) is 0. The fourth-order valence-electron chi connectivity index (χ4n) is 2.55. The van der Waals surface area contributed by atoms with Crippen LogP contribution in [0.5, 0.6) is 0 Å². The molecule has 0 aliphatic carbocycles. The molecule has 0 aliphatic heterocycles. The summed E-state index contributed by atoms with van der Waals surface area (Å²) in [6.07, 6.45) is 0. The monoisotopic (exact) mass is 250 g/mol. The van der Waals surface area contributed by atoms with Gasteiger partial charge >= 0.3 is 0 Å². The van der Waals surface area contributed by atoms with Crippen LogP contribution in [0.1, 0.15) is 31.9 Å². The molecule has 19 heavy (non-hydrogen) atoms. The molecular formula is C17H18N2. The van der Waals surface area contributed by atoms with Gasteiger partial charge in [-0.3, -0.25) is 4.68 Å². The fraction of sp³-hybridized carbons (Fsp3) is 0.294. The lowest BCUT2D eigenvalue weighted by atomic mass is 9.87. The molecule has 0 unspecified atom stereocenters. The predicted molar refractivity (Wildman–Crippen MR) is 80.7 cm³/mol. The van der Waals surface area contributed by atoms with Gasteiger partial charge in [-0.15, -0.1) is 0 Å². The van der Waals surface area contributed by atoms with Gasteiger partial charge < -0.3 is 5.84 Å². The summed E-state index contributed by atoms with van der Waals surface area (Å²) >= 11 is 0. The quantitative estimate of drug-likeness (QED) is 0.606. The van der Waals surface area contributed by atoms with E-state index in [1.165, 1.54) is 10.9 Å². The SMILES string of the molecule is Cc1cccc2c3cc(C(C)(C)C)c#cc3n(N)c12. The second-order valence-corrected chi connectivity index (χ2v) is 6.16. The summed E-state index contributed by atoms with van der Waals surface area (Å²) in [5.41, 5.74) is 4.40. The van der Waals surface area contributed by atoms with Crippen molar-refractivity contribution in [1.29, 1.82) is 0 Å². The first-order valence-corrected chi connectivity index (χ1v) is 6.53. The lowest BCUT2D eigenvalue weighted by Gasteiger charge is -2.16. The van der Waals surface area contributed by atoms with Gasteiger partial charge in [-0.1, -0.05) is 45.0 Å². The minimum absolute atomic E-state index is 0.0670. The van der Waals surface area contributed by atoms with Crippen LogP contribution in [0, 0.1) is 19.1 Å². The topological polar surface area (TPSA) is 30.9 Å². The molecule has 0 bridgehead atoms. The number of nitrogen functional groups attached to an aromatic ring is 1. The Kier molecular flexibility index (Phi) is 2.31. The number of hydrogen-bond donors (Lipinski definition) is 1. The van der Waals surface area contributed by atoms with Crippen LogP contribution in [0.25, 0.3) is 21.8 Å². The second kappa shape index (κ2) is 3.68. The van der Waals surface area contributed by atoms with Gasteiger partial charge in [-0.05, 0) is 30.0 Å². The number of hydrogen-bond acceptors (Lipinski definition) is 1. The molecule has 0 saturated heterocycles. The highest BCUT2D eigenvalue weighted by molar-refractivity contribution is 6.08. The lowest BCUT2D eigenvalue weighted by molar-refractivity contribution is 0.591. The van der Waals surface area contributed by atoms with Crippen LogP contribution >= 0.6 is 0 Å². The van der Waals surface area contributed by atoms with Crippen LogP contribution in [-0.2, 0) is 5.41 Å². The zero-order valence-corrected chi connectivity index (χ0v) is 11.8. The Morgan fingerprint density at radius 3 is 2.53 bits per heavy atom. The van der Waals surface area contributed by atoms with Gasteiger partial charge in [-0.25, -0.2) is 0 Å². The van der Waals surface area contributed by atoms with Crippen molar-refractivity contribution < 1.29 is 0 Å². The number of rotatable bonds is 0. The van der Waals surface area contributed by atoms with Crippen molar-refractivity contribution in [3.05, 3.63) is 47.5 Å². The maximum Gasteiger partial charge on any atom is 0.120 e. The largest absolute Gasteiger partial charge is 0.338 e. The van der Waals surface area contributed by atoms with Gasteiger partial charge in [0.1, 0.15) is 5.52 Å². The van der Waals surface area contributed by atoms with Crippen LogP contribution in [-0.4, -0.2) is 4.68 Å². The lowest BCUT2D eigenvalue weighted by Crippen LogP contribution is -2.10. The highest BCUT2D eigenvalue weighted by Crippen LogP contribution is 2.31. The summed E-state index contributed by atoms with van der Waals surface area (Å²) in [6, 6.07) is 14.9. The summed E-state index contributed by atoms with van der Waals surface area (Å²) in [6.45, 7) is 8.64. The molecule has 3 rings (SSSR count). The zero-order valence-electron chi connectivity index (χ0n) is 11.8. The number of benzene rings is 1. The Morgan fingerprint density at radius 1 is 1.11 bits per heavy atom. The number of nitrogens with two attached hydrogens (primary N) is 1. The standard InChI is InChI=1S/C17H18N2/c1-11-6-5-7-13-14-10-12(17(2,3)4)8-9-15(14)19(18)16(11)13/h5-7,10H,18H2,1-4H3. The van der Waals surface area contributed by atoms with E-state index < -0.39 is 0 Å². The third-order valence-electron chi connectivity index (χ3n) is 3.68. The summed E-state index contributed by atoms with van der Waals surface area (Å²) in [5, 5.41) is 2.35. The van der Waals surface area contributed by atoms with Crippen LogP contribution in [0.4, 0.5) is 0 Å². The molecule has 0 fully saturated rings. The van der Waals surface area contributed by atoms with E-state index in [4.69, 9.17) is 5.84 Å². The third kappa shape index (κ3) is 1.66. The molecule has 0 saturated carbocycles. The van der Waals surface area contributed by atoms with E-state index in [2.05, 4.69) is 64.1 Å². The Hall–Kier alpha value is -2.14. The van der Waals surface area contributed by atoms with Crippen LogP contribution in [0.2, 0.25) is 0 Å². The molecule has 0 radical (unpaired) electrons. The number of aryl methyl sites for hydroxylation is 1. The van der Waals surface area contributed by atoms with Gasteiger partial charge in [0.05, 0.1) is 5.52 Å². The second-order valence-electron chi connectivity index (χ2n) is 6.16. The van der Waals surface area contributed by atoms with E-state index in [1.54, 1.807) is 4.68 Å². The fourth-order valence-corrected chi connectivity index (χ4v) is 2.55. The molecule has 1 heterocycles. The molecule has 2 nitrogen and oxygen atoms in total. The summed E-state index contributed by atoms with van der Waals surface area (Å²) < 4.78 is 1.73. The zero-order chi connectivity index (χ0) is 13.8. The first-order valence-electron chi connectivity index (χ1n) is 6.53. The Labute approximate surface area is 113 Å². The molecule has 96 valence electrons. The molecule has 2 heteroatoms. The molecule has 1 aromatic heterocycles. The van der Waals surface area contributed by atoms with Crippen molar-refractivity contribution in [2.24, 2.45) is 0 Å². The average Bonchev–Trinajstić information content (AvgIpc) is 2.63. The molecule has 2 aromatic carbocycles. The van der Waals surface area contributed by atoms with Gasteiger partial charge in [0.15, 0.2) is 0 Å². The molecule has 3 aromatic rings. The Bertz CT molecular complexity index is 773. The number of para-hydroxylation sites is 1. The maximum absolute atomic E-state index is 6.20. The molecule has 0 amide bonds. The van der Waals surface area contributed by atoms with E-state index in [0.29, 0.717) is 0 Å². The molecular weight excluding hydrogens is 232 g/mol. The molecule has 2 N–H and O–H groups in total. The number of fused-ring (bicyclic) bond motifs is 3.